The SMILES string of the molecule is CC(C)[C@@H](C)/C=C/[C@@H](C)C1CCC2C3=CC=C4CC(OC(=O)/C=C/c5ccc(O)cc5)CCC4(C)C3CCC21C. The molecular weight excluding hydrogens is 492 g/mol. The third kappa shape index (κ3) is 5.50. The van der Waals surface area contributed by atoms with Crippen LogP contribution in [0.2, 0.25) is 0 Å². The summed E-state index contributed by atoms with van der Waals surface area (Å²) in [6, 6.07) is 6.81. The molecule has 0 heterocycles. The lowest BCUT2D eigenvalue weighted by Crippen LogP contribution is -2.46. The first-order valence-electron chi connectivity index (χ1n) is 15.8. The average Bonchev–Trinajstić information content (AvgIpc) is 3.28. The van der Waals surface area contributed by atoms with Crippen LogP contribution in [0.3, 0.4) is 0 Å². The number of aromatic hydroxyl groups is 1. The first-order valence-corrected chi connectivity index (χ1v) is 15.8. The summed E-state index contributed by atoms with van der Waals surface area (Å²) in [5.74, 6) is 3.98. The van der Waals surface area contributed by atoms with Crippen molar-refractivity contribution in [3.05, 3.63) is 71.4 Å². The molecule has 0 spiro atoms. The molecule has 6 unspecified atom stereocenters. The summed E-state index contributed by atoms with van der Waals surface area (Å²) in [7, 11) is 0. The van der Waals surface area contributed by atoms with E-state index in [1.165, 1.54) is 37.3 Å². The largest absolute Gasteiger partial charge is 0.508 e. The van der Waals surface area contributed by atoms with Crippen molar-refractivity contribution in [2.45, 2.75) is 92.6 Å². The lowest BCUT2D eigenvalue weighted by Gasteiger charge is -2.55. The Morgan fingerprint density at radius 1 is 0.950 bits per heavy atom. The van der Waals surface area contributed by atoms with Crippen molar-refractivity contribution in [3.63, 3.8) is 0 Å². The van der Waals surface area contributed by atoms with Gasteiger partial charge in [0.05, 0.1) is 0 Å². The topological polar surface area (TPSA) is 46.5 Å². The van der Waals surface area contributed by atoms with Crippen molar-refractivity contribution in [1.82, 2.24) is 0 Å². The van der Waals surface area contributed by atoms with Crippen LogP contribution < -0.4 is 0 Å². The second-order valence-corrected chi connectivity index (χ2v) is 14.2. The Morgan fingerprint density at radius 3 is 2.42 bits per heavy atom. The molecule has 5 rings (SSSR count). The fourth-order valence-electron chi connectivity index (χ4n) is 8.63. The highest BCUT2D eigenvalue weighted by Gasteiger charge is 2.57. The molecule has 0 amide bonds. The zero-order valence-electron chi connectivity index (χ0n) is 25.5. The van der Waals surface area contributed by atoms with E-state index in [1.807, 2.05) is 0 Å². The Hall–Kier alpha value is -2.55. The van der Waals surface area contributed by atoms with Crippen molar-refractivity contribution >= 4 is 12.0 Å². The van der Waals surface area contributed by atoms with E-state index in [4.69, 9.17) is 4.74 Å². The summed E-state index contributed by atoms with van der Waals surface area (Å²) in [6.07, 6.45) is 21.2. The Balaban J connectivity index is 1.26. The van der Waals surface area contributed by atoms with Crippen LogP contribution in [0.5, 0.6) is 5.75 Å². The summed E-state index contributed by atoms with van der Waals surface area (Å²) < 4.78 is 5.90. The van der Waals surface area contributed by atoms with Crippen LogP contribution in [0.25, 0.3) is 6.08 Å². The molecule has 0 saturated heterocycles. The number of benzene rings is 1. The van der Waals surface area contributed by atoms with Gasteiger partial charge < -0.3 is 9.84 Å². The molecular formula is C37H50O3. The average molecular weight is 543 g/mol. The van der Waals surface area contributed by atoms with Gasteiger partial charge in [-0.25, -0.2) is 4.79 Å². The van der Waals surface area contributed by atoms with E-state index in [1.54, 1.807) is 35.9 Å². The number of hydrogen-bond acceptors (Lipinski definition) is 3. The fraction of sp³-hybridized carbons (Fsp3) is 0.595. The van der Waals surface area contributed by atoms with Gasteiger partial charge in [0, 0.05) is 12.5 Å². The maximum Gasteiger partial charge on any atom is 0.331 e. The van der Waals surface area contributed by atoms with Crippen molar-refractivity contribution in [2.75, 3.05) is 0 Å². The molecule has 8 atom stereocenters. The van der Waals surface area contributed by atoms with Crippen LogP contribution in [0, 0.1) is 46.3 Å². The number of ether oxygens (including phenoxy) is 1. The first-order chi connectivity index (χ1) is 19.0. The first kappa shape index (κ1) is 29.0. The molecule has 0 bridgehead atoms. The molecule has 4 aliphatic carbocycles. The smallest absolute Gasteiger partial charge is 0.331 e. The van der Waals surface area contributed by atoms with E-state index in [9.17, 15) is 9.90 Å². The molecule has 216 valence electrons. The molecule has 0 radical (unpaired) electrons. The van der Waals surface area contributed by atoms with Crippen LogP contribution in [0.4, 0.5) is 0 Å². The molecule has 40 heavy (non-hydrogen) atoms. The van der Waals surface area contributed by atoms with Gasteiger partial charge in [-0.05, 0) is 109 Å². The van der Waals surface area contributed by atoms with Gasteiger partial charge in [0.25, 0.3) is 0 Å². The molecule has 1 N–H and O–H groups in total. The zero-order valence-corrected chi connectivity index (χ0v) is 25.5. The van der Waals surface area contributed by atoms with Gasteiger partial charge in [-0.2, -0.15) is 0 Å². The number of carbonyl (C=O) groups excluding carboxylic acids is 1. The van der Waals surface area contributed by atoms with Gasteiger partial charge >= 0.3 is 5.97 Å². The maximum absolute atomic E-state index is 12.6. The normalized spacial score (nSPS) is 35.1. The minimum atomic E-state index is -0.286. The van der Waals surface area contributed by atoms with E-state index in [0.29, 0.717) is 35.0 Å². The minimum Gasteiger partial charge on any atom is -0.508 e. The van der Waals surface area contributed by atoms with Gasteiger partial charge in [-0.3, -0.25) is 0 Å². The third-order valence-electron chi connectivity index (χ3n) is 11.6. The zero-order chi connectivity index (χ0) is 28.7. The van der Waals surface area contributed by atoms with Crippen molar-refractivity contribution in [2.24, 2.45) is 46.3 Å². The highest BCUT2D eigenvalue weighted by Crippen LogP contribution is 2.66. The molecule has 1 aromatic rings. The van der Waals surface area contributed by atoms with E-state index >= 15 is 0 Å². The van der Waals surface area contributed by atoms with Gasteiger partial charge in [-0.15, -0.1) is 0 Å². The number of phenols is 1. The van der Waals surface area contributed by atoms with E-state index in [0.717, 1.165) is 30.7 Å². The second kappa shape index (κ2) is 11.4. The van der Waals surface area contributed by atoms with Crippen LogP contribution in [-0.2, 0) is 9.53 Å². The van der Waals surface area contributed by atoms with Gasteiger partial charge in [-0.1, -0.05) is 89.1 Å². The number of phenolic OH excluding ortho intramolecular Hbond substituents is 1. The van der Waals surface area contributed by atoms with Crippen LogP contribution in [0.15, 0.2) is 65.8 Å². The molecule has 1 aromatic carbocycles. The van der Waals surface area contributed by atoms with E-state index in [2.05, 4.69) is 65.8 Å². The number of hydrogen-bond donors (Lipinski definition) is 1. The highest BCUT2D eigenvalue weighted by molar-refractivity contribution is 5.87. The van der Waals surface area contributed by atoms with E-state index < -0.39 is 0 Å². The molecule has 3 heteroatoms. The van der Waals surface area contributed by atoms with Crippen LogP contribution in [0.1, 0.15) is 92.1 Å². The van der Waals surface area contributed by atoms with Crippen LogP contribution in [-0.4, -0.2) is 17.2 Å². The number of carbonyl (C=O) groups is 1. The van der Waals surface area contributed by atoms with Gasteiger partial charge in [0.15, 0.2) is 0 Å². The number of allylic oxidation sites excluding steroid dienone is 5. The van der Waals surface area contributed by atoms with Gasteiger partial charge in [0.2, 0.25) is 0 Å². The summed E-state index contributed by atoms with van der Waals surface area (Å²) in [4.78, 5) is 12.6. The second-order valence-electron chi connectivity index (χ2n) is 14.2. The quantitative estimate of drug-likeness (QED) is 0.212. The molecule has 3 saturated carbocycles. The Morgan fingerprint density at radius 2 is 1.70 bits per heavy atom. The molecule has 4 aliphatic rings. The highest BCUT2D eigenvalue weighted by atomic mass is 16.5. The Labute approximate surface area is 242 Å². The summed E-state index contributed by atoms with van der Waals surface area (Å²) in [5, 5.41) is 9.45. The Kier molecular flexibility index (Phi) is 8.24. The molecule has 3 nitrogen and oxygen atoms in total. The lowest BCUT2D eigenvalue weighted by atomic mass is 9.50. The predicted molar refractivity (Wildman–Crippen MR) is 164 cm³/mol. The summed E-state index contributed by atoms with van der Waals surface area (Å²) in [6.45, 7) is 14.5. The number of fused-ring (bicyclic) bond motifs is 5. The summed E-state index contributed by atoms with van der Waals surface area (Å²) in [5.41, 5.74) is 4.65. The standard InChI is InChI=1S/C37H50O3/c1-24(2)25(3)7-8-26(4)32-16-17-33-31-15-12-28-23-30(19-21-36(28,5)34(31)20-22-37(32,33)6)40-35(39)18-11-27-9-13-29(38)14-10-27/h7-15,18,24-26,30,32-34,38H,16-17,19-23H2,1-6H3/b8-7+,18-11+/t25-,26+,30?,32?,33?,34?,36?,37?/m0/s1. The Bertz CT molecular complexity index is 1200. The predicted octanol–water partition coefficient (Wildman–Crippen LogP) is 9.30. The maximum atomic E-state index is 12.6. The van der Waals surface area contributed by atoms with Gasteiger partial charge in [0.1, 0.15) is 11.9 Å². The minimum absolute atomic E-state index is 0.0585. The van der Waals surface area contributed by atoms with E-state index in [-0.39, 0.29) is 23.2 Å². The third-order valence-corrected chi connectivity index (χ3v) is 11.6. The molecule has 3 fully saturated rings. The monoisotopic (exact) mass is 542 g/mol. The number of rotatable bonds is 7. The molecule has 0 aromatic heterocycles. The van der Waals surface area contributed by atoms with Crippen LogP contribution >= 0.6 is 0 Å². The van der Waals surface area contributed by atoms with Crippen molar-refractivity contribution < 1.29 is 14.6 Å². The molecule has 0 aliphatic heterocycles. The fourth-order valence-corrected chi connectivity index (χ4v) is 8.63. The van der Waals surface area contributed by atoms with Crippen molar-refractivity contribution in [1.29, 1.82) is 0 Å². The van der Waals surface area contributed by atoms with Crippen molar-refractivity contribution in [3.8, 4) is 5.75 Å². The summed E-state index contributed by atoms with van der Waals surface area (Å²) >= 11 is 0. The lowest BCUT2D eigenvalue weighted by molar-refractivity contribution is -0.144. The number of esters is 1.